The van der Waals surface area contributed by atoms with Crippen LogP contribution < -0.4 is 5.32 Å². The van der Waals surface area contributed by atoms with Crippen molar-refractivity contribution in [2.24, 2.45) is 0 Å². The maximum absolute atomic E-state index is 12.1. The zero-order chi connectivity index (χ0) is 14.5. The zero-order valence-corrected chi connectivity index (χ0v) is 12.6. The average molecular weight is 329 g/mol. The summed E-state index contributed by atoms with van der Waals surface area (Å²) >= 11 is 3.37. The van der Waals surface area contributed by atoms with Gasteiger partial charge >= 0.3 is 0 Å². The molecule has 0 radical (unpaired) electrons. The summed E-state index contributed by atoms with van der Waals surface area (Å²) in [6, 6.07) is 14.9. The van der Waals surface area contributed by atoms with E-state index in [0.29, 0.717) is 17.7 Å². The Morgan fingerprint density at radius 2 is 1.95 bits per heavy atom. The summed E-state index contributed by atoms with van der Waals surface area (Å²) in [6.45, 7) is 2.35. The van der Waals surface area contributed by atoms with Crippen LogP contribution in [0.2, 0.25) is 0 Å². The summed E-state index contributed by atoms with van der Waals surface area (Å²) in [5.74, 6) is -0.104. The molecule has 0 aliphatic rings. The minimum absolute atomic E-state index is 0.104. The van der Waals surface area contributed by atoms with Crippen LogP contribution in [0.5, 0.6) is 0 Å². The molecule has 100 valence electrons. The van der Waals surface area contributed by atoms with Gasteiger partial charge < -0.3 is 5.32 Å². The van der Waals surface area contributed by atoms with Gasteiger partial charge in [-0.1, -0.05) is 34.1 Å². The van der Waals surface area contributed by atoms with Gasteiger partial charge in [-0.25, -0.2) is 0 Å². The summed E-state index contributed by atoms with van der Waals surface area (Å²) in [6.07, 6.45) is 0. The molecular formula is C16H13BrN2O. The molecule has 0 heterocycles. The topological polar surface area (TPSA) is 52.9 Å². The Morgan fingerprint density at radius 3 is 2.60 bits per heavy atom. The van der Waals surface area contributed by atoms with Crippen LogP contribution >= 0.6 is 15.9 Å². The molecule has 0 spiro atoms. The van der Waals surface area contributed by atoms with Crippen LogP contribution in [0.1, 0.15) is 27.0 Å². The first-order valence-electron chi connectivity index (χ1n) is 6.13. The number of halogens is 1. The number of nitriles is 1. The Morgan fingerprint density at radius 1 is 1.25 bits per heavy atom. The smallest absolute Gasteiger partial charge is 0.251 e. The van der Waals surface area contributed by atoms with Crippen molar-refractivity contribution in [2.75, 3.05) is 0 Å². The first-order valence-corrected chi connectivity index (χ1v) is 6.93. The van der Waals surface area contributed by atoms with Crippen LogP contribution in [0.4, 0.5) is 0 Å². The molecule has 2 aromatic carbocycles. The van der Waals surface area contributed by atoms with Gasteiger partial charge in [0.05, 0.1) is 11.6 Å². The third-order valence-electron chi connectivity index (χ3n) is 2.98. The molecule has 0 atom stereocenters. The Kier molecular flexibility index (Phi) is 4.54. The molecular weight excluding hydrogens is 316 g/mol. The van der Waals surface area contributed by atoms with Gasteiger partial charge in [-0.15, -0.1) is 0 Å². The van der Waals surface area contributed by atoms with Crippen molar-refractivity contribution in [3.63, 3.8) is 0 Å². The van der Waals surface area contributed by atoms with E-state index in [-0.39, 0.29) is 5.91 Å². The Balaban J connectivity index is 2.04. The number of carbonyl (C=O) groups is 1. The number of rotatable bonds is 3. The zero-order valence-electron chi connectivity index (χ0n) is 11.0. The molecule has 2 aromatic rings. The van der Waals surface area contributed by atoms with Gasteiger partial charge in [-0.3, -0.25) is 4.79 Å². The van der Waals surface area contributed by atoms with E-state index in [9.17, 15) is 4.79 Å². The first-order chi connectivity index (χ1) is 9.60. The van der Waals surface area contributed by atoms with Crippen molar-refractivity contribution in [1.29, 1.82) is 5.26 Å². The first kappa shape index (κ1) is 14.3. The van der Waals surface area contributed by atoms with Crippen LogP contribution in [0.25, 0.3) is 0 Å². The number of aryl methyl sites for hydroxylation is 1. The van der Waals surface area contributed by atoms with E-state index in [0.717, 1.165) is 15.6 Å². The number of nitrogens with one attached hydrogen (secondary N) is 1. The van der Waals surface area contributed by atoms with E-state index in [1.54, 1.807) is 12.1 Å². The van der Waals surface area contributed by atoms with Crippen molar-refractivity contribution < 1.29 is 4.79 Å². The van der Waals surface area contributed by atoms with Crippen LogP contribution in [0, 0.1) is 18.3 Å². The number of nitrogens with zero attached hydrogens (tertiary/aromatic N) is 1. The van der Waals surface area contributed by atoms with Gasteiger partial charge in [0.2, 0.25) is 0 Å². The lowest BCUT2D eigenvalue weighted by molar-refractivity contribution is 0.0950. The second-order valence-electron chi connectivity index (χ2n) is 4.45. The molecule has 2 rings (SSSR count). The minimum atomic E-state index is -0.104. The highest BCUT2D eigenvalue weighted by Gasteiger charge is 2.09. The fourth-order valence-electron chi connectivity index (χ4n) is 1.81. The lowest BCUT2D eigenvalue weighted by atomic mass is 10.1. The number of hydrogen-bond donors (Lipinski definition) is 1. The Bertz CT molecular complexity index is 672. The molecule has 20 heavy (non-hydrogen) atoms. The summed E-state index contributed by atoms with van der Waals surface area (Å²) in [5, 5.41) is 11.6. The normalized spacial score (nSPS) is 9.85. The molecule has 1 amide bonds. The summed E-state index contributed by atoms with van der Waals surface area (Å²) in [7, 11) is 0. The summed E-state index contributed by atoms with van der Waals surface area (Å²) in [4.78, 5) is 12.1. The van der Waals surface area contributed by atoms with E-state index in [2.05, 4.69) is 27.3 Å². The molecule has 0 fully saturated rings. The fraction of sp³-hybridized carbons (Fsp3) is 0.125. The molecule has 0 aliphatic heterocycles. The lowest BCUT2D eigenvalue weighted by Gasteiger charge is -2.08. The van der Waals surface area contributed by atoms with Crippen molar-refractivity contribution >= 4 is 21.8 Å². The predicted molar refractivity (Wildman–Crippen MR) is 81.2 cm³/mol. The van der Waals surface area contributed by atoms with Crippen LogP contribution in [0.3, 0.4) is 0 Å². The second kappa shape index (κ2) is 6.36. The van der Waals surface area contributed by atoms with Gasteiger partial charge in [0.1, 0.15) is 0 Å². The third-order valence-corrected chi connectivity index (χ3v) is 3.47. The van der Waals surface area contributed by atoms with Crippen LogP contribution in [-0.2, 0) is 6.54 Å². The minimum Gasteiger partial charge on any atom is -0.348 e. The number of amides is 1. The van der Waals surface area contributed by atoms with Crippen molar-refractivity contribution in [3.05, 3.63) is 69.2 Å². The van der Waals surface area contributed by atoms with Gasteiger partial charge in [0, 0.05) is 16.6 Å². The fourth-order valence-corrected chi connectivity index (χ4v) is 2.17. The maximum Gasteiger partial charge on any atom is 0.251 e. The van der Waals surface area contributed by atoms with Gasteiger partial charge in [-0.2, -0.15) is 5.26 Å². The maximum atomic E-state index is 12.1. The number of benzene rings is 2. The quantitative estimate of drug-likeness (QED) is 0.936. The van der Waals surface area contributed by atoms with E-state index < -0.39 is 0 Å². The van der Waals surface area contributed by atoms with Crippen LogP contribution in [0.15, 0.2) is 46.9 Å². The van der Waals surface area contributed by atoms with E-state index in [1.807, 2.05) is 37.3 Å². The molecule has 0 saturated heterocycles. The van der Waals surface area contributed by atoms with Crippen molar-refractivity contribution in [1.82, 2.24) is 5.32 Å². The molecule has 0 saturated carbocycles. The number of hydrogen-bond acceptors (Lipinski definition) is 2. The highest BCUT2D eigenvalue weighted by molar-refractivity contribution is 9.10. The second-order valence-corrected chi connectivity index (χ2v) is 5.37. The summed E-state index contributed by atoms with van der Waals surface area (Å²) < 4.78 is 0.881. The lowest BCUT2D eigenvalue weighted by Crippen LogP contribution is -2.23. The van der Waals surface area contributed by atoms with Crippen LogP contribution in [-0.4, -0.2) is 5.91 Å². The number of carbonyl (C=O) groups excluding carboxylic acids is 1. The van der Waals surface area contributed by atoms with Crippen molar-refractivity contribution in [3.8, 4) is 6.07 Å². The third kappa shape index (κ3) is 3.46. The molecule has 0 aliphatic carbocycles. The van der Waals surface area contributed by atoms with E-state index >= 15 is 0 Å². The highest BCUT2D eigenvalue weighted by Crippen LogP contribution is 2.16. The Hall–Kier alpha value is -2.12. The van der Waals surface area contributed by atoms with Gasteiger partial charge in [0.15, 0.2) is 0 Å². The molecule has 3 nitrogen and oxygen atoms in total. The largest absolute Gasteiger partial charge is 0.348 e. The molecule has 0 unspecified atom stereocenters. The molecule has 1 N–H and O–H groups in total. The Labute approximate surface area is 126 Å². The average Bonchev–Trinajstić information content (AvgIpc) is 2.47. The molecule has 0 aromatic heterocycles. The van der Waals surface area contributed by atoms with Gasteiger partial charge in [-0.05, 0) is 42.3 Å². The van der Waals surface area contributed by atoms with Gasteiger partial charge in [0.25, 0.3) is 5.91 Å². The SMILES string of the molecule is Cc1ccc(Br)cc1C(=O)NCc1ccc(C#N)cc1. The molecule has 0 bridgehead atoms. The van der Waals surface area contributed by atoms with E-state index in [1.165, 1.54) is 0 Å². The van der Waals surface area contributed by atoms with Crippen molar-refractivity contribution in [2.45, 2.75) is 13.5 Å². The monoisotopic (exact) mass is 328 g/mol. The summed E-state index contributed by atoms with van der Waals surface area (Å²) in [5.41, 5.74) is 3.17. The van der Waals surface area contributed by atoms with E-state index in [4.69, 9.17) is 5.26 Å². The molecule has 4 heteroatoms. The standard InChI is InChI=1S/C16H13BrN2O/c1-11-2-7-14(17)8-15(11)16(20)19-10-13-5-3-12(9-18)4-6-13/h2-8H,10H2,1H3,(H,19,20). The predicted octanol–water partition coefficient (Wildman–Crippen LogP) is 3.56. The highest BCUT2D eigenvalue weighted by atomic mass is 79.9.